The van der Waals surface area contributed by atoms with Crippen LogP contribution in [0.1, 0.15) is 17.5 Å². The molecule has 1 aromatic carbocycles. The zero-order valence-electron chi connectivity index (χ0n) is 11.4. The Balaban J connectivity index is 2.41. The van der Waals surface area contributed by atoms with Gasteiger partial charge < -0.3 is 15.2 Å². The first kappa shape index (κ1) is 13.8. The normalized spacial score (nSPS) is 10.5. The molecule has 0 spiro atoms. The molecule has 0 fully saturated rings. The van der Waals surface area contributed by atoms with Crippen LogP contribution in [-0.4, -0.2) is 18.7 Å². The number of ether oxygens (including phenoxy) is 2. The Morgan fingerprint density at radius 2 is 2.11 bits per heavy atom. The molecule has 0 amide bonds. The highest BCUT2D eigenvalue weighted by molar-refractivity contribution is 7.15. The predicted octanol–water partition coefficient (Wildman–Crippen LogP) is 2.98. The summed E-state index contributed by atoms with van der Waals surface area (Å²) in [4.78, 5) is 5.67. The molecule has 2 aromatic rings. The average molecular weight is 278 g/mol. The van der Waals surface area contributed by atoms with Crippen molar-refractivity contribution in [3.8, 4) is 22.1 Å². The quantitative estimate of drug-likeness (QED) is 0.913. The van der Waals surface area contributed by atoms with Gasteiger partial charge in [-0.3, -0.25) is 0 Å². The molecule has 2 N–H and O–H groups in total. The van der Waals surface area contributed by atoms with Crippen LogP contribution in [0.3, 0.4) is 0 Å². The fourth-order valence-corrected chi connectivity index (χ4v) is 2.76. The van der Waals surface area contributed by atoms with E-state index in [0.717, 1.165) is 32.6 Å². The first-order chi connectivity index (χ1) is 9.19. The van der Waals surface area contributed by atoms with E-state index in [2.05, 4.69) is 4.98 Å². The van der Waals surface area contributed by atoms with E-state index in [1.807, 2.05) is 32.0 Å². The van der Waals surface area contributed by atoms with Gasteiger partial charge in [-0.15, -0.1) is 11.3 Å². The first-order valence-corrected chi connectivity index (χ1v) is 6.98. The Morgan fingerprint density at radius 3 is 2.68 bits per heavy atom. The van der Waals surface area contributed by atoms with Gasteiger partial charge in [-0.05, 0) is 32.0 Å². The topological polar surface area (TPSA) is 57.4 Å². The van der Waals surface area contributed by atoms with Crippen molar-refractivity contribution in [2.45, 2.75) is 20.4 Å². The van der Waals surface area contributed by atoms with E-state index in [1.54, 1.807) is 18.4 Å². The number of nitrogens with zero attached hydrogens (tertiary/aromatic N) is 1. The molecule has 2 rings (SSSR count). The van der Waals surface area contributed by atoms with E-state index < -0.39 is 0 Å². The maximum Gasteiger partial charge on any atom is 0.161 e. The Morgan fingerprint density at radius 1 is 1.32 bits per heavy atom. The van der Waals surface area contributed by atoms with Gasteiger partial charge in [0.25, 0.3) is 0 Å². The van der Waals surface area contributed by atoms with Crippen molar-refractivity contribution in [1.82, 2.24) is 4.98 Å². The van der Waals surface area contributed by atoms with Crippen LogP contribution in [0.25, 0.3) is 10.6 Å². The van der Waals surface area contributed by atoms with Crippen LogP contribution in [0.15, 0.2) is 18.2 Å². The van der Waals surface area contributed by atoms with Crippen molar-refractivity contribution in [2.24, 2.45) is 5.73 Å². The molecule has 0 saturated carbocycles. The number of methoxy groups -OCH3 is 1. The van der Waals surface area contributed by atoms with Gasteiger partial charge in [-0.25, -0.2) is 4.98 Å². The van der Waals surface area contributed by atoms with Gasteiger partial charge in [0, 0.05) is 17.0 Å². The maximum atomic E-state index is 5.69. The van der Waals surface area contributed by atoms with Gasteiger partial charge in [-0.1, -0.05) is 0 Å². The van der Waals surface area contributed by atoms with E-state index in [0.29, 0.717) is 13.2 Å². The molecule has 4 nitrogen and oxygen atoms in total. The molecular weight excluding hydrogens is 260 g/mol. The average Bonchev–Trinajstić information content (AvgIpc) is 2.80. The smallest absolute Gasteiger partial charge is 0.161 e. The molecule has 0 radical (unpaired) electrons. The molecule has 0 atom stereocenters. The summed E-state index contributed by atoms with van der Waals surface area (Å²) >= 11 is 1.62. The van der Waals surface area contributed by atoms with Gasteiger partial charge in [-0.2, -0.15) is 0 Å². The van der Waals surface area contributed by atoms with Crippen LogP contribution in [0.5, 0.6) is 11.5 Å². The second kappa shape index (κ2) is 6.04. The molecular formula is C14H18N2O2S. The molecule has 0 aliphatic heterocycles. The number of benzene rings is 1. The third-order valence-electron chi connectivity index (χ3n) is 2.79. The Hall–Kier alpha value is -1.59. The number of hydrogen-bond acceptors (Lipinski definition) is 5. The second-order valence-corrected chi connectivity index (χ2v) is 5.11. The lowest BCUT2D eigenvalue weighted by Crippen LogP contribution is -1.95. The minimum atomic E-state index is 0.526. The SMILES string of the molecule is CCOc1cc(-c2nc(C)c(CN)s2)ccc1OC. The highest BCUT2D eigenvalue weighted by Gasteiger charge is 2.11. The third-order valence-corrected chi connectivity index (χ3v) is 4.02. The lowest BCUT2D eigenvalue weighted by molar-refractivity contribution is 0.311. The molecule has 1 heterocycles. The van der Waals surface area contributed by atoms with Crippen LogP contribution < -0.4 is 15.2 Å². The van der Waals surface area contributed by atoms with Crippen molar-refractivity contribution < 1.29 is 9.47 Å². The zero-order chi connectivity index (χ0) is 13.8. The van der Waals surface area contributed by atoms with Gasteiger partial charge in [0.1, 0.15) is 5.01 Å². The molecule has 19 heavy (non-hydrogen) atoms. The summed E-state index contributed by atoms with van der Waals surface area (Å²) in [7, 11) is 1.64. The summed E-state index contributed by atoms with van der Waals surface area (Å²) < 4.78 is 10.9. The minimum Gasteiger partial charge on any atom is -0.493 e. The van der Waals surface area contributed by atoms with Gasteiger partial charge >= 0.3 is 0 Å². The van der Waals surface area contributed by atoms with E-state index in [1.165, 1.54) is 0 Å². The van der Waals surface area contributed by atoms with Gasteiger partial charge in [0.2, 0.25) is 0 Å². The van der Waals surface area contributed by atoms with Crippen LogP contribution in [0, 0.1) is 6.92 Å². The van der Waals surface area contributed by atoms with Crippen molar-refractivity contribution in [3.63, 3.8) is 0 Å². The third kappa shape index (κ3) is 2.88. The summed E-state index contributed by atoms with van der Waals surface area (Å²) in [6.45, 7) is 5.06. The highest BCUT2D eigenvalue weighted by Crippen LogP contribution is 2.35. The number of nitrogens with two attached hydrogens (primary N) is 1. The fourth-order valence-electron chi connectivity index (χ4n) is 1.82. The standard InChI is InChI=1S/C14H18N2O2S/c1-4-18-12-7-10(5-6-11(12)17-3)14-16-9(2)13(8-15)19-14/h5-7H,4,8,15H2,1-3H3. The van der Waals surface area contributed by atoms with Gasteiger partial charge in [0.05, 0.1) is 19.4 Å². The lowest BCUT2D eigenvalue weighted by atomic mass is 10.2. The summed E-state index contributed by atoms with van der Waals surface area (Å²) in [5, 5.41) is 0.960. The lowest BCUT2D eigenvalue weighted by Gasteiger charge is -2.10. The monoisotopic (exact) mass is 278 g/mol. The van der Waals surface area contributed by atoms with Crippen LogP contribution in [0.4, 0.5) is 0 Å². The molecule has 0 saturated heterocycles. The van der Waals surface area contributed by atoms with Crippen LogP contribution in [0.2, 0.25) is 0 Å². The number of aromatic nitrogens is 1. The van der Waals surface area contributed by atoms with Crippen molar-refractivity contribution >= 4 is 11.3 Å². The van der Waals surface area contributed by atoms with E-state index in [-0.39, 0.29) is 0 Å². The highest BCUT2D eigenvalue weighted by atomic mass is 32.1. The van der Waals surface area contributed by atoms with Crippen LogP contribution >= 0.6 is 11.3 Å². The minimum absolute atomic E-state index is 0.526. The van der Waals surface area contributed by atoms with Gasteiger partial charge in [0.15, 0.2) is 11.5 Å². The maximum absolute atomic E-state index is 5.69. The second-order valence-electron chi connectivity index (χ2n) is 4.03. The number of thiazole rings is 1. The van der Waals surface area contributed by atoms with Crippen LogP contribution in [-0.2, 0) is 6.54 Å². The molecule has 102 valence electrons. The van der Waals surface area contributed by atoms with Crippen molar-refractivity contribution in [3.05, 3.63) is 28.8 Å². The molecule has 0 aliphatic rings. The molecule has 0 unspecified atom stereocenters. The van der Waals surface area contributed by atoms with E-state index in [9.17, 15) is 0 Å². The molecule has 0 bridgehead atoms. The van der Waals surface area contributed by atoms with E-state index >= 15 is 0 Å². The largest absolute Gasteiger partial charge is 0.493 e. The molecule has 0 aliphatic carbocycles. The number of hydrogen-bond donors (Lipinski definition) is 1. The Bertz CT molecular complexity index is 567. The Kier molecular flexibility index (Phi) is 4.39. The Labute approximate surface area is 117 Å². The fraction of sp³-hybridized carbons (Fsp3) is 0.357. The van der Waals surface area contributed by atoms with E-state index in [4.69, 9.17) is 15.2 Å². The molecule has 1 aromatic heterocycles. The first-order valence-electron chi connectivity index (χ1n) is 6.17. The van der Waals surface area contributed by atoms with Crippen molar-refractivity contribution in [2.75, 3.05) is 13.7 Å². The predicted molar refractivity (Wildman–Crippen MR) is 77.9 cm³/mol. The summed E-state index contributed by atoms with van der Waals surface area (Å²) in [6.07, 6.45) is 0. The number of rotatable bonds is 5. The zero-order valence-corrected chi connectivity index (χ0v) is 12.2. The van der Waals surface area contributed by atoms with Crippen molar-refractivity contribution in [1.29, 1.82) is 0 Å². The number of aryl methyl sites for hydroxylation is 1. The summed E-state index contributed by atoms with van der Waals surface area (Å²) in [5.41, 5.74) is 7.71. The molecule has 5 heteroatoms. The summed E-state index contributed by atoms with van der Waals surface area (Å²) in [5.74, 6) is 1.47. The summed E-state index contributed by atoms with van der Waals surface area (Å²) in [6, 6.07) is 5.85.